The number of carbonyl (C=O) groups is 1. The van der Waals surface area contributed by atoms with Gasteiger partial charge in [-0.1, -0.05) is 45.3 Å². The molecule has 1 atom stereocenters. The zero-order valence-corrected chi connectivity index (χ0v) is 13.0. The molecule has 1 amide bonds. The van der Waals surface area contributed by atoms with Crippen molar-refractivity contribution in [3.8, 4) is 0 Å². The molecule has 0 aliphatic heterocycles. The molecule has 1 unspecified atom stereocenters. The molecule has 0 bridgehead atoms. The summed E-state index contributed by atoms with van der Waals surface area (Å²) in [7, 11) is 3.48. The van der Waals surface area contributed by atoms with Crippen LogP contribution < -0.4 is 5.32 Å². The van der Waals surface area contributed by atoms with Crippen molar-refractivity contribution in [3.05, 3.63) is 34.9 Å². The molecule has 0 saturated carbocycles. The van der Waals surface area contributed by atoms with Crippen LogP contribution in [-0.2, 0) is 11.2 Å². The summed E-state index contributed by atoms with van der Waals surface area (Å²) in [5.74, 6) is 1.05. The lowest BCUT2D eigenvalue weighted by Crippen LogP contribution is -2.34. The third-order valence-corrected chi connectivity index (χ3v) is 4.64. The van der Waals surface area contributed by atoms with Crippen molar-refractivity contribution in [2.75, 3.05) is 12.0 Å². The number of rotatable bonds is 7. The van der Waals surface area contributed by atoms with Gasteiger partial charge < -0.3 is 5.32 Å². The fraction of sp³-hybridized carbons (Fsp3) is 0.462. The lowest BCUT2D eigenvalue weighted by Gasteiger charge is -2.12. The van der Waals surface area contributed by atoms with Gasteiger partial charge >= 0.3 is 0 Å². The molecular formula is C13H18ClNOS2. The highest BCUT2D eigenvalue weighted by atomic mass is 35.5. The van der Waals surface area contributed by atoms with E-state index < -0.39 is 0 Å². The van der Waals surface area contributed by atoms with Crippen LogP contribution in [0.15, 0.2) is 24.3 Å². The van der Waals surface area contributed by atoms with Crippen molar-refractivity contribution in [1.82, 2.24) is 5.32 Å². The maximum atomic E-state index is 11.7. The third kappa shape index (κ3) is 6.57. The Hall–Kier alpha value is -0.320. The van der Waals surface area contributed by atoms with Crippen molar-refractivity contribution in [3.63, 3.8) is 0 Å². The summed E-state index contributed by atoms with van der Waals surface area (Å²) >= 11 is 5.81. The van der Waals surface area contributed by atoms with Crippen LogP contribution in [0.4, 0.5) is 0 Å². The van der Waals surface area contributed by atoms with Gasteiger partial charge in [0.2, 0.25) is 5.91 Å². The summed E-state index contributed by atoms with van der Waals surface area (Å²) < 4.78 is 0. The molecule has 0 aromatic heterocycles. The second kappa shape index (κ2) is 8.73. The average molecular weight is 304 g/mol. The molecule has 18 heavy (non-hydrogen) atoms. The van der Waals surface area contributed by atoms with E-state index in [1.54, 1.807) is 21.6 Å². The van der Waals surface area contributed by atoms with E-state index in [0.717, 1.165) is 22.8 Å². The van der Waals surface area contributed by atoms with Crippen molar-refractivity contribution in [1.29, 1.82) is 0 Å². The number of nitrogens with one attached hydrogen (secondary N) is 1. The highest BCUT2D eigenvalue weighted by molar-refractivity contribution is 8.76. The lowest BCUT2D eigenvalue weighted by molar-refractivity contribution is -0.121. The molecule has 2 nitrogen and oxygen atoms in total. The first-order chi connectivity index (χ1) is 8.61. The standard InChI is InChI=1S/C13H18ClNOS2/c1-10(9-18-17-2)15-13(16)8-5-11-3-6-12(14)7-4-11/h3-4,6-7,10H,5,8-9H2,1-2H3,(H,15,16). The minimum absolute atomic E-state index is 0.110. The summed E-state index contributed by atoms with van der Waals surface area (Å²) in [5.41, 5.74) is 1.14. The first-order valence-electron chi connectivity index (χ1n) is 5.81. The molecule has 0 fully saturated rings. The Kier molecular flexibility index (Phi) is 7.63. The van der Waals surface area contributed by atoms with Gasteiger partial charge in [0.15, 0.2) is 0 Å². The van der Waals surface area contributed by atoms with E-state index in [9.17, 15) is 4.79 Å². The van der Waals surface area contributed by atoms with E-state index in [1.807, 2.05) is 37.4 Å². The minimum atomic E-state index is 0.110. The van der Waals surface area contributed by atoms with Crippen LogP contribution in [0.5, 0.6) is 0 Å². The highest BCUT2D eigenvalue weighted by Gasteiger charge is 2.07. The Bertz CT molecular complexity index is 370. The van der Waals surface area contributed by atoms with Gasteiger partial charge in [0.25, 0.3) is 0 Å². The predicted octanol–water partition coefficient (Wildman–Crippen LogP) is 3.79. The van der Waals surface area contributed by atoms with Crippen LogP contribution in [0.25, 0.3) is 0 Å². The molecule has 1 aromatic carbocycles. The van der Waals surface area contributed by atoms with Crippen LogP contribution in [0.3, 0.4) is 0 Å². The summed E-state index contributed by atoms with van der Waals surface area (Å²) in [6, 6.07) is 7.85. The zero-order valence-electron chi connectivity index (χ0n) is 10.6. The van der Waals surface area contributed by atoms with Crippen molar-refractivity contribution < 1.29 is 4.79 Å². The third-order valence-electron chi connectivity index (χ3n) is 2.40. The van der Waals surface area contributed by atoms with E-state index >= 15 is 0 Å². The predicted molar refractivity (Wildman–Crippen MR) is 83.4 cm³/mol. The number of hydrogen-bond donors (Lipinski definition) is 1. The van der Waals surface area contributed by atoms with Gasteiger partial charge in [-0.05, 0) is 37.3 Å². The van der Waals surface area contributed by atoms with Crippen LogP contribution >= 0.6 is 33.2 Å². The largest absolute Gasteiger partial charge is 0.353 e. The molecule has 0 spiro atoms. The molecule has 0 aliphatic rings. The van der Waals surface area contributed by atoms with Crippen LogP contribution in [0.1, 0.15) is 18.9 Å². The Labute approximate surface area is 122 Å². The van der Waals surface area contributed by atoms with Crippen molar-refractivity contribution >= 4 is 39.1 Å². The Morgan fingerprint density at radius 1 is 1.39 bits per heavy atom. The number of benzene rings is 1. The summed E-state index contributed by atoms with van der Waals surface area (Å²) in [5, 5.41) is 3.72. The molecule has 0 aliphatic carbocycles. The van der Waals surface area contributed by atoms with E-state index in [0.29, 0.717) is 6.42 Å². The molecule has 0 saturated heterocycles. The average Bonchev–Trinajstić information content (AvgIpc) is 2.35. The van der Waals surface area contributed by atoms with E-state index in [-0.39, 0.29) is 11.9 Å². The molecule has 0 heterocycles. The number of halogens is 1. The van der Waals surface area contributed by atoms with Gasteiger partial charge in [-0.15, -0.1) is 0 Å². The highest BCUT2D eigenvalue weighted by Crippen LogP contribution is 2.17. The fourth-order valence-corrected chi connectivity index (χ4v) is 3.04. The minimum Gasteiger partial charge on any atom is -0.353 e. The first-order valence-corrected chi connectivity index (χ1v) is 8.91. The van der Waals surface area contributed by atoms with Gasteiger partial charge in [0.05, 0.1) is 0 Å². The molecule has 1 N–H and O–H groups in total. The molecule has 100 valence electrons. The number of carbonyl (C=O) groups excluding carboxylic acids is 1. The topological polar surface area (TPSA) is 29.1 Å². The summed E-state index contributed by atoms with van der Waals surface area (Å²) in [4.78, 5) is 11.7. The first kappa shape index (κ1) is 15.7. The van der Waals surface area contributed by atoms with Crippen LogP contribution in [-0.4, -0.2) is 24.0 Å². The van der Waals surface area contributed by atoms with Crippen molar-refractivity contribution in [2.45, 2.75) is 25.8 Å². The van der Waals surface area contributed by atoms with Gasteiger partial charge in [-0.3, -0.25) is 4.79 Å². The maximum absolute atomic E-state index is 11.7. The second-order valence-electron chi connectivity index (χ2n) is 4.05. The quantitative estimate of drug-likeness (QED) is 0.777. The molecular weight excluding hydrogens is 286 g/mol. The molecule has 0 radical (unpaired) electrons. The van der Waals surface area contributed by atoms with Crippen molar-refractivity contribution in [2.24, 2.45) is 0 Å². The van der Waals surface area contributed by atoms with E-state index in [4.69, 9.17) is 11.6 Å². The molecule has 1 rings (SSSR count). The smallest absolute Gasteiger partial charge is 0.220 e. The maximum Gasteiger partial charge on any atom is 0.220 e. The van der Waals surface area contributed by atoms with E-state index in [1.165, 1.54) is 0 Å². The zero-order chi connectivity index (χ0) is 13.4. The summed E-state index contributed by atoms with van der Waals surface area (Å²) in [6.45, 7) is 2.03. The van der Waals surface area contributed by atoms with Gasteiger partial charge in [-0.2, -0.15) is 0 Å². The van der Waals surface area contributed by atoms with Gasteiger partial charge in [0, 0.05) is 23.2 Å². The number of hydrogen-bond acceptors (Lipinski definition) is 3. The Morgan fingerprint density at radius 2 is 2.06 bits per heavy atom. The van der Waals surface area contributed by atoms with Gasteiger partial charge in [0.1, 0.15) is 0 Å². The Balaban J connectivity index is 2.26. The number of amides is 1. The van der Waals surface area contributed by atoms with Crippen LogP contribution in [0, 0.1) is 0 Å². The van der Waals surface area contributed by atoms with E-state index in [2.05, 4.69) is 5.32 Å². The SMILES string of the molecule is CSSCC(C)NC(=O)CCc1ccc(Cl)cc1. The second-order valence-corrected chi connectivity index (χ2v) is 7.09. The lowest BCUT2D eigenvalue weighted by atomic mass is 10.1. The fourth-order valence-electron chi connectivity index (χ4n) is 1.47. The summed E-state index contributed by atoms with van der Waals surface area (Å²) in [6.07, 6.45) is 3.32. The molecule has 5 heteroatoms. The normalized spacial score (nSPS) is 12.2. The van der Waals surface area contributed by atoms with Gasteiger partial charge in [-0.25, -0.2) is 0 Å². The number of aryl methyl sites for hydroxylation is 1. The Morgan fingerprint density at radius 3 is 2.67 bits per heavy atom. The van der Waals surface area contributed by atoms with Crippen LogP contribution in [0.2, 0.25) is 5.02 Å². The molecule has 1 aromatic rings. The monoisotopic (exact) mass is 303 g/mol.